The Hall–Kier alpha value is -1.92. The molecular formula is C12H15NO5. The van der Waals surface area contributed by atoms with Gasteiger partial charge in [0.15, 0.2) is 17.1 Å². The zero-order chi connectivity index (χ0) is 13.3. The fourth-order valence-corrected chi connectivity index (χ4v) is 1.79. The van der Waals surface area contributed by atoms with E-state index in [0.717, 1.165) is 0 Å². The summed E-state index contributed by atoms with van der Waals surface area (Å²) in [4.78, 5) is 0. The second kappa shape index (κ2) is 4.75. The summed E-state index contributed by atoms with van der Waals surface area (Å²) < 4.78 is 20.7. The number of anilines is 1. The number of ether oxygens (including phenoxy) is 3. The second-order valence-corrected chi connectivity index (χ2v) is 3.68. The lowest BCUT2D eigenvalue weighted by atomic mass is 10.2. The lowest BCUT2D eigenvalue weighted by Crippen LogP contribution is -1.96. The standard InChI is InChI=1S/C12H15NO5/c1-15-8-5-7(13)11(16-2)10-6(8)4-9(18-10)12(14)17-3/h4-5,12,14H,13H2,1-3H3. The third kappa shape index (κ3) is 1.85. The van der Waals surface area contributed by atoms with Crippen LogP contribution in [0, 0.1) is 0 Å². The SMILES string of the molecule is COc1cc(N)c(OC)c2oc(C(O)OC)cc12. The molecule has 6 heteroatoms. The molecule has 0 aliphatic heterocycles. The van der Waals surface area contributed by atoms with E-state index in [9.17, 15) is 5.11 Å². The lowest BCUT2D eigenvalue weighted by molar-refractivity contribution is -0.0895. The number of nitrogen functional groups attached to an aromatic ring is 1. The van der Waals surface area contributed by atoms with Gasteiger partial charge in [0.05, 0.1) is 25.3 Å². The van der Waals surface area contributed by atoms with Crippen molar-refractivity contribution in [2.45, 2.75) is 6.29 Å². The summed E-state index contributed by atoms with van der Waals surface area (Å²) in [5.74, 6) is 1.21. The van der Waals surface area contributed by atoms with Gasteiger partial charge in [-0.25, -0.2) is 0 Å². The molecular weight excluding hydrogens is 238 g/mol. The Kier molecular flexibility index (Phi) is 3.31. The molecule has 0 aliphatic carbocycles. The van der Waals surface area contributed by atoms with Crippen LogP contribution in [0.15, 0.2) is 16.5 Å². The van der Waals surface area contributed by atoms with Crippen LogP contribution in [0.2, 0.25) is 0 Å². The predicted molar refractivity (Wildman–Crippen MR) is 65.7 cm³/mol. The molecule has 1 aromatic carbocycles. The third-order valence-corrected chi connectivity index (χ3v) is 2.66. The van der Waals surface area contributed by atoms with Crippen molar-refractivity contribution in [2.24, 2.45) is 0 Å². The number of hydrogen-bond donors (Lipinski definition) is 2. The van der Waals surface area contributed by atoms with Gasteiger partial charge in [-0.05, 0) is 6.07 Å². The Balaban J connectivity index is 2.71. The van der Waals surface area contributed by atoms with Gasteiger partial charge in [0.2, 0.25) is 6.29 Å². The van der Waals surface area contributed by atoms with Gasteiger partial charge in [-0.3, -0.25) is 0 Å². The highest BCUT2D eigenvalue weighted by molar-refractivity contribution is 5.94. The maximum atomic E-state index is 9.60. The molecule has 6 nitrogen and oxygen atoms in total. The summed E-state index contributed by atoms with van der Waals surface area (Å²) in [6, 6.07) is 3.27. The summed E-state index contributed by atoms with van der Waals surface area (Å²) in [6.45, 7) is 0. The van der Waals surface area contributed by atoms with E-state index in [2.05, 4.69) is 0 Å². The molecule has 0 fully saturated rings. The largest absolute Gasteiger partial charge is 0.496 e. The van der Waals surface area contributed by atoms with Crippen molar-refractivity contribution in [3.05, 3.63) is 17.9 Å². The molecule has 0 radical (unpaired) electrons. The van der Waals surface area contributed by atoms with Crippen molar-refractivity contribution in [3.63, 3.8) is 0 Å². The molecule has 0 aliphatic rings. The highest BCUT2D eigenvalue weighted by Crippen LogP contribution is 2.41. The van der Waals surface area contributed by atoms with Crippen molar-refractivity contribution in [2.75, 3.05) is 27.1 Å². The summed E-state index contributed by atoms with van der Waals surface area (Å²) in [5.41, 5.74) is 6.65. The monoisotopic (exact) mass is 253 g/mol. The van der Waals surface area contributed by atoms with Crippen LogP contribution >= 0.6 is 0 Å². The van der Waals surface area contributed by atoms with Crippen LogP contribution in [0.3, 0.4) is 0 Å². The smallest absolute Gasteiger partial charge is 0.214 e. The van der Waals surface area contributed by atoms with Crippen LogP contribution in [0.4, 0.5) is 5.69 Å². The molecule has 1 heterocycles. The van der Waals surface area contributed by atoms with Gasteiger partial charge in [0.25, 0.3) is 0 Å². The maximum Gasteiger partial charge on any atom is 0.214 e. The fourth-order valence-electron chi connectivity index (χ4n) is 1.79. The molecule has 0 saturated carbocycles. The van der Waals surface area contributed by atoms with E-state index < -0.39 is 6.29 Å². The fraction of sp³-hybridized carbons (Fsp3) is 0.333. The van der Waals surface area contributed by atoms with Crippen molar-refractivity contribution < 1.29 is 23.7 Å². The Morgan fingerprint density at radius 3 is 2.50 bits per heavy atom. The van der Waals surface area contributed by atoms with Gasteiger partial charge in [-0.2, -0.15) is 0 Å². The minimum Gasteiger partial charge on any atom is -0.496 e. The first-order valence-corrected chi connectivity index (χ1v) is 5.27. The number of aliphatic hydroxyl groups is 1. The molecule has 1 atom stereocenters. The number of benzene rings is 1. The molecule has 0 amide bonds. The molecule has 1 unspecified atom stereocenters. The molecule has 0 spiro atoms. The zero-order valence-corrected chi connectivity index (χ0v) is 10.4. The first-order valence-electron chi connectivity index (χ1n) is 5.27. The maximum absolute atomic E-state index is 9.60. The minimum atomic E-state index is -1.15. The van der Waals surface area contributed by atoms with E-state index in [-0.39, 0.29) is 5.76 Å². The third-order valence-electron chi connectivity index (χ3n) is 2.66. The van der Waals surface area contributed by atoms with Gasteiger partial charge in [0, 0.05) is 13.2 Å². The number of rotatable bonds is 4. The molecule has 2 aromatic rings. The number of methoxy groups -OCH3 is 3. The topological polar surface area (TPSA) is 87.1 Å². The van der Waals surface area contributed by atoms with Gasteiger partial charge in [0.1, 0.15) is 5.75 Å². The Labute approximate surface area is 104 Å². The van der Waals surface area contributed by atoms with E-state index in [1.165, 1.54) is 21.3 Å². The van der Waals surface area contributed by atoms with Crippen LogP contribution in [0.5, 0.6) is 11.5 Å². The van der Waals surface area contributed by atoms with Gasteiger partial charge >= 0.3 is 0 Å². The molecule has 98 valence electrons. The van der Waals surface area contributed by atoms with Crippen LogP contribution in [0.25, 0.3) is 11.0 Å². The van der Waals surface area contributed by atoms with Crippen molar-refractivity contribution in [1.29, 1.82) is 0 Å². The number of fused-ring (bicyclic) bond motifs is 1. The minimum absolute atomic E-state index is 0.259. The highest BCUT2D eigenvalue weighted by atomic mass is 16.6. The normalized spacial score (nSPS) is 12.7. The Morgan fingerprint density at radius 1 is 1.22 bits per heavy atom. The van der Waals surface area contributed by atoms with Crippen molar-refractivity contribution in [1.82, 2.24) is 0 Å². The van der Waals surface area contributed by atoms with E-state index in [4.69, 9.17) is 24.4 Å². The average Bonchev–Trinajstić information content (AvgIpc) is 2.81. The molecule has 0 saturated heterocycles. The number of furan rings is 1. The second-order valence-electron chi connectivity index (χ2n) is 3.68. The van der Waals surface area contributed by atoms with Crippen molar-refractivity contribution >= 4 is 16.7 Å². The first-order chi connectivity index (χ1) is 8.62. The van der Waals surface area contributed by atoms with E-state index >= 15 is 0 Å². The highest BCUT2D eigenvalue weighted by Gasteiger charge is 2.20. The number of aliphatic hydroxyl groups excluding tert-OH is 1. The molecule has 3 N–H and O–H groups in total. The molecule has 0 bridgehead atoms. The van der Waals surface area contributed by atoms with Crippen LogP contribution in [0.1, 0.15) is 12.1 Å². The zero-order valence-electron chi connectivity index (χ0n) is 10.4. The lowest BCUT2D eigenvalue weighted by Gasteiger charge is -2.08. The van der Waals surface area contributed by atoms with Gasteiger partial charge in [-0.15, -0.1) is 0 Å². The average molecular weight is 253 g/mol. The molecule has 18 heavy (non-hydrogen) atoms. The van der Waals surface area contributed by atoms with Crippen LogP contribution in [-0.2, 0) is 4.74 Å². The Morgan fingerprint density at radius 2 is 1.94 bits per heavy atom. The number of nitrogens with two attached hydrogens (primary N) is 1. The first kappa shape index (κ1) is 12.5. The Bertz CT molecular complexity index is 563. The molecule has 1 aromatic heterocycles. The summed E-state index contributed by atoms with van der Waals surface area (Å²) in [5, 5.41) is 10.3. The van der Waals surface area contributed by atoms with Crippen LogP contribution < -0.4 is 15.2 Å². The number of hydrogen-bond acceptors (Lipinski definition) is 6. The summed E-state index contributed by atoms with van der Waals surface area (Å²) >= 11 is 0. The summed E-state index contributed by atoms with van der Waals surface area (Å²) in [6.07, 6.45) is -1.15. The van der Waals surface area contributed by atoms with E-state index in [1.54, 1.807) is 12.1 Å². The van der Waals surface area contributed by atoms with Gasteiger partial charge < -0.3 is 29.5 Å². The summed E-state index contributed by atoms with van der Waals surface area (Å²) in [7, 11) is 4.40. The van der Waals surface area contributed by atoms with E-state index in [1.807, 2.05) is 0 Å². The van der Waals surface area contributed by atoms with E-state index in [0.29, 0.717) is 28.2 Å². The predicted octanol–water partition coefficient (Wildman–Crippen LogP) is 1.67. The quantitative estimate of drug-likeness (QED) is 0.636. The van der Waals surface area contributed by atoms with Crippen molar-refractivity contribution in [3.8, 4) is 11.5 Å². The van der Waals surface area contributed by atoms with Gasteiger partial charge in [-0.1, -0.05) is 0 Å². The van der Waals surface area contributed by atoms with Crippen LogP contribution in [-0.4, -0.2) is 26.4 Å². The molecule has 2 rings (SSSR count).